The quantitative estimate of drug-likeness (QED) is 0.800. The molecule has 2 aromatic rings. The monoisotopic (exact) mass is 265 g/mol. The Balaban J connectivity index is 2.01. The summed E-state index contributed by atoms with van der Waals surface area (Å²) in [7, 11) is 1.65. The van der Waals surface area contributed by atoms with Gasteiger partial charge in [0.05, 0.1) is 7.11 Å². The predicted molar refractivity (Wildman–Crippen MR) is 78.9 cm³/mol. The Morgan fingerprint density at radius 3 is 2.70 bits per heavy atom. The lowest BCUT2D eigenvalue weighted by atomic mass is 9.92. The fraction of sp³-hybridized carbons (Fsp3) is 0.176. The number of hydrogen-bond acceptors (Lipinski definition) is 3. The normalized spacial score (nSPS) is 13.3. The smallest absolute Gasteiger partial charge is 0.211 e. The van der Waals surface area contributed by atoms with Crippen LogP contribution in [0.5, 0.6) is 5.75 Å². The first-order valence-electron chi connectivity index (χ1n) is 6.61. The summed E-state index contributed by atoms with van der Waals surface area (Å²) in [6, 6.07) is 15.1. The number of fused-ring (bicyclic) bond motifs is 1. The second-order valence-electron chi connectivity index (χ2n) is 4.70. The second kappa shape index (κ2) is 5.29. The van der Waals surface area contributed by atoms with E-state index in [-0.39, 0.29) is 5.78 Å². The van der Waals surface area contributed by atoms with Crippen molar-refractivity contribution in [3.05, 3.63) is 65.2 Å². The summed E-state index contributed by atoms with van der Waals surface area (Å²) >= 11 is 0. The summed E-state index contributed by atoms with van der Waals surface area (Å²) in [4.78, 5) is 17.0. The minimum atomic E-state index is -0.0169. The van der Waals surface area contributed by atoms with Gasteiger partial charge in [-0.25, -0.2) is 0 Å². The van der Waals surface area contributed by atoms with Crippen LogP contribution in [0, 0.1) is 0 Å². The Kier molecular flexibility index (Phi) is 3.33. The Hall–Kier alpha value is -2.42. The Bertz CT molecular complexity index is 675. The summed E-state index contributed by atoms with van der Waals surface area (Å²) in [5.74, 6) is 0.800. The van der Waals surface area contributed by atoms with E-state index < -0.39 is 0 Å². The van der Waals surface area contributed by atoms with Crippen LogP contribution in [0.1, 0.15) is 21.5 Å². The third-order valence-corrected chi connectivity index (χ3v) is 3.47. The highest BCUT2D eigenvalue weighted by Crippen LogP contribution is 2.23. The molecule has 0 saturated carbocycles. The molecular formula is C17H15NO2. The van der Waals surface area contributed by atoms with E-state index in [2.05, 4.69) is 4.99 Å². The van der Waals surface area contributed by atoms with Gasteiger partial charge in [0, 0.05) is 17.7 Å². The number of rotatable bonds is 3. The summed E-state index contributed by atoms with van der Waals surface area (Å²) in [6.45, 7) is 0.647. The highest BCUT2D eigenvalue weighted by molar-refractivity contribution is 6.51. The van der Waals surface area contributed by atoms with Crippen molar-refractivity contribution in [2.45, 2.75) is 6.42 Å². The lowest BCUT2D eigenvalue weighted by Crippen LogP contribution is -2.22. The van der Waals surface area contributed by atoms with Crippen LogP contribution in [0.4, 0.5) is 0 Å². The van der Waals surface area contributed by atoms with Gasteiger partial charge in [0.15, 0.2) is 0 Å². The predicted octanol–water partition coefficient (Wildman–Crippen LogP) is 2.92. The van der Waals surface area contributed by atoms with Crippen molar-refractivity contribution in [3.8, 4) is 5.75 Å². The van der Waals surface area contributed by atoms with Gasteiger partial charge in [-0.2, -0.15) is 0 Å². The fourth-order valence-electron chi connectivity index (χ4n) is 2.43. The SMILES string of the molecule is COc1ccc2c(c1)CCN=C2C(=O)c1ccccc1. The number of benzene rings is 2. The van der Waals surface area contributed by atoms with Crippen molar-refractivity contribution < 1.29 is 9.53 Å². The van der Waals surface area contributed by atoms with Gasteiger partial charge in [-0.1, -0.05) is 30.3 Å². The molecule has 0 aliphatic carbocycles. The van der Waals surface area contributed by atoms with Crippen LogP contribution < -0.4 is 4.74 Å². The standard InChI is InChI=1S/C17H15NO2/c1-20-14-7-8-15-13(11-14)9-10-18-16(15)17(19)12-5-3-2-4-6-12/h2-8,11H,9-10H2,1H3. The molecule has 20 heavy (non-hydrogen) atoms. The zero-order valence-corrected chi connectivity index (χ0v) is 11.3. The van der Waals surface area contributed by atoms with E-state index in [9.17, 15) is 4.79 Å². The molecule has 1 aliphatic rings. The third kappa shape index (κ3) is 2.23. The van der Waals surface area contributed by atoms with Crippen molar-refractivity contribution in [2.24, 2.45) is 4.99 Å². The van der Waals surface area contributed by atoms with Crippen molar-refractivity contribution in [2.75, 3.05) is 13.7 Å². The minimum absolute atomic E-state index is 0.0169. The van der Waals surface area contributed by atoms with Crippen LogP contribution >= 0.6 is 0 Å². The van der Waals surface area contributed by atoms with Crippen molar-refractivity contribution in [1.82, 2.24) is 0 Å². The van der Waals surface area contributed by atoms with Crippen LogP contribution in [0.25, 0.3) is 0 Å². The number of methoxy groups -OCH3 is 1. The molecule has 0 radical (unpaired) electrons. The topological polar surface area (TPSA) is 38.7 Å². The van der Waals surface area contributed by atoms with E-state index in [1.54, 1.807) is 7.11 Å². The summed E-state index contributed by atoms with van der Waals surface area (Å²) in [6.07, 6.45) is 0.845. The molecule has 1 heterocycles. The first-order valence-corrected chi connectivity index (χ1v) is 6.61. The van der Waals surface area contributed by atoms with Gasteiger partial charge >= 0.3 is 0 Å². The summed E-state index contributed by atoms with van der Waals surface area (Å²) in [5, 5.41) is 0. The molecule has 0 bridgehead atoms. The van der Waals surface area contributed by atoms with Crippen LogP contribution in [0.3, 0.4) is 0 Å². The number of Topliss-reactive ketones (excluding diaryl/α,β-unsaturated/α-hetero) is 1. The lowest BCUT2D eigenvalue weighted by molar-refractivity contribution is 0.106. The Labute approximate surface area is 117 Å². The zero-order chi connectivity index (χ0) is 13.9. The highest BCUT2D eigenvalue weighted by Gasteiger charge is 2.21. The first-order chi connectivity index (χ1) is 9.79. The molecule has 3 nitrogen and oxygen atoms in total. The van der Waals surface area contributed by atoms with Crippen LogP contribution in [0.2, 0.25) is 0 Å². The molecule has 0 unspecified atom stereocenters. The maximum atomic E-state index is 12.6. The maximum Gasteiger partial charge on any atom is 0.211 e. The number of ketones is 1. The molecule has 0 amide bonds. The van der Waals surface area contributed by atoms with Gasteiger partial charge in [0.1, 0.15) is 11.5 Å². The molecule has 0 fully saturated rings. The highest BCUT2D eigenvalue weighted by atomic mass is 16.5. The zero-order valence-electron chi connectivity index (χ0n) is 11.3. The summed E-state index contributed by atoms with van der Waals surface area (Å²) in [5.41, 5.74) is 3.28. The Morgan fingerprint density at radius 2 is 1.95 bits per heavy atom. The maximum absolute atomic E-state index is 12.6. The van der Waals surface area contributed by atoms with Crippen molar-refractivity contribution in [3.63, 3.8) is 0 Å². The number of hydrogen-bond donors (Lipinski definition) is 0. The molecule has 100 valence electrons. The molecule has 1 aliphatic heterocycles. The van der Waals surface area contributed by atoms with Crippen LogP contribution in [0.15, 0.2) is 53.5 Å². The van der Waals surface area contributed by atoms with Gasteiger partial charge in [0.25, 0.3) is 0 Å². The molecule has 0 N–H and O–H groups in total. The van der Waals surface area contributed by atoms with Crippen LogP contribution in [-0.2, 0) is 6.42 Å². The van der Waals surface area contributed by atoms with Crippen molar-refractivity contribution >= 4 is 11.5 Å². The van der Waals surface area contributed by atoms with Gasteiger partial charge < -0.3 is 4.74 Å². The molecule has 0 atom stereocenters. The third-order valence-electron chi connectivity index (χ3n) is 3.47. The van der Waals surface area contributed by atoms with Gasteiger partial charge in [-0.15, -0.1) is 0 Å². The molecule has 2 aromatic carbocycles. The number of aliphatic imine (C=N–C) groups is 1. The second-order valence-corrected chi connectivity index (χ2v) is 4.70. The molecular weight excluding hydrogens is 250 g/mol. The van der Waals surface area contributed by atoms with Gasteiger partial charge in [-0.3, -0.25) is 9.79 Å². The average molecular weight is 265 g/mol. The molecule has 0 aromatic heterocycles. The number of carbonyl (C=O) groups excluding carboxylic acids is 1. The number of ether oxygens (including phenoxy) is 1. The van der Waals surface area contributed by atoms with E-state index in [1.165, 1.54) is 0 Å². The molecule has 3 rings (SSSR count). The molecule has 3 heteroatoms. The van der Waals surface area contributed by atoms with E-state index >= 15 is 0 Å². The lowest BCUT2D eigenvalue weighted by Gasteiger charge is -2.17. The fourth-order valence-corrected chi connectivity index (χ4v) is 2.43. The van der Waals surface area contributed by atoms with Gasteiger partial charge in [0.2, 0.25) is 5.78 Å². The minimum Gasteiger partial charge on any atom is -0.497 e. The largest absolute Gasteiger partial charge is 0.497 e. The van der Waals surface area contributed by atoms with Crippen LogP contribution in [-0.4, -0.2) is 25.1 Å². The van der Waals surface area contributed by atoms with E-state index in [0.717, 1.165) is 23.3 Å². The summed E-state index contributed by atoms with van der Waals surface area (Å²) < 4.78 is 5.24. The molecule has 0 saturated heterocycles. The van der Waals surface area contributed by atoms with Gasteiger partial charge in [-0.05, 0) is 30.2 Å². The average Bonchev–Trinajstić information content (AvgIpc) is 2.54. The first kappa shape index (κ1) is 12.6. The van der Waals surface area contributed by atoms with E-state index in [0.29, 0.717) is 17.8 Å². The number of nitrogens with zero attached hydrogens (tertiary/aromatic N) is 1. The molecule has 0 spiro atoms. The van der Waals surface area contributed by atoms with E-state index in [4.69, 9.17) is 4.74 Å². The van der Waals surface area contributed by atoms with E-state index in [1.807, 2.05) is 48.5 Å². The Morgan fingerprint density at radius 1 is 1.15 bits per heavy atom. The van der Waals surface area contributed by atoms with Crippen molar-refractivity contribution in [1.29, 1.82) is 0 Å². The number of carbonyl (C=O) groups is 1.